The summed E-state index contributed by atoms with van der Waals surface area (Å²) in [6.45, 7) is 0. The molecular formula is C15H20ClNO2S. The summed E-state index contributed by atoms with van der Waals surface area (Å²) in [4.78, 5) is 11.8. The molecule has 2 N–H and O–H groups in total. The number of amides is 1. The zero-order valence-electron chi connectivity index (χ0n) is 11.3. The van der Waals surface area contributed by atoms with Gasteiger partial charge in [-0.1, -0.05) is 36.6 Å². The third kappa shape index (κ3) is 5.00. The monoisotopic (exact) mass is 313 g/mol. The smallest absolute Gasteiger partial charge is 0.230 e. The topological polar surface area (TPSA) is 49.3 Å². The maximum atomic E-state index is 11.8. The molecule has 0 saturated heterocycles. The van der Waals surface area contributed by atoms with Crippen molar-refractivity contribution in [1.29, 1.82) is 0 Å². The Hall–Kier alpha value is -0.710. The largest absolute Gasteiger partial charge is 0.391 e. The number of nitrogens with one attached hydrogen (secondary N) is 1. The molecule has 20 heavy (non-hydrogen) atoms. The summed E-state index contributed by atoms with van der Waals surface area (Å²) in [6.07, 6.45) is 3.42. The van der Waals surface area contributed by atoms with Crippen molar-refractivity contribution >= 4 is 29.3 Å². The molecule has 1 saturated carbocycles. The Morgan fingerprint density at radius 1 is 1.40 bits per heavy atom. The second-order valence-electron chi connectivity index (χ2n) is 5.15. The fourth-order valence-corrected chi connectivity index (χ4v) is 3.42. The summed E-state index contributed by atoms with van der Waals surface area (Å²) in [5, 5.41) is 13.5. The molecule has 1 amide bonds. The van der Waals surface area contributed by atoms with Gasteiger partial charge in [0.25, 0.3) is 0 Å². The summed E-state index contributed by atoms with van der Waals surface area (Å²) in [6, 6.07) is 7.60. The molecule has 0 heterocycles. The molecule has 0 unspecified atom stereocenters. The van der Waals surface area contributed by atoms with E-state index in [4.69, 9.17) is 11.6 Å². The Labute approximate surface area is 129 Å². The van der Waals surface area contributed by atoms with E-state index in [9.17, 15) is 9.90 Å². The van der Waals surface area contributed by atoms with Crippen LogP contribution in [0.2, 0.25) is 5.02 Å². The van der Waals surface area contributed by atoms with Crippen molar-refractivity contribution in [3.05, 3.63) is 34.9 Å². The number of aliphatic hydroxyl groups excluding tert-OH is 1. The molecule has 1 aromatic carbocycles. The molecule has 5 heteroatoms. The summed E-state index contributed by atoms with van der Waals surface area (Å²) in [7, 11) is 0. The standard InChI is InChI=1S/C15H20ClNO2S/c16-12-5-3-4-11(8-12)9-20-10-15(19)17-13-6-1-2-7-14(13)18/h3-5,8,13-14,18H,1-2,6-7,9-10H2,(H,17,19)/t13-,14-/m1/s1. The normalized spacial score (nSPS) is 22.5. The van der Waals surface area contributed by atoms with Crippen molar-refractivity contribution in [2.45, 2.75) is 43.6 Å². The Morgan fingerprint density at radius 2 is 2.20 bits per heavy atom. The van der Waals surface area contributed by atoms with Gasteiger partial charge in [-0.25, -0.2) is 0 Å². The molecule has 0 aliphatic heterocycles. The number of halogens is 1. The molecule has 1 fully saturated rings. The Kier molecular flexibility index (Phi) is 6.20. The second kappa shape index (κ2) is 7.91. The number of aliphatic hydroxyl groups is 1. The molecule has 0 radical (unpaired) electrons. The van der Waals surface area contributed by atoms with Crippen LogP contribution in [0.15, 0.2) is 24.3 Å². The van der Waals surface area contributed by atoms with Crippen LogP contribution in [0, 0.1) is 0 Å². The molecule has 0 bridgehead atoms. The van der Waals surface area contributed by atoms with E-state index in [-0.39, 0.29) is 18.1 Å². The highest BCUT2D eigenvalue weighted by Gasteiger charge is 2.24. The molecule has 3 nitrogen and oxygen atoms in total. The maximum absolute atomic E-state index is 11.8. The van der Waals surface area contributed by atoms with Gasteiger partial charge in [-0.2, -0.15) is 0 Å². The first kappa shape index (κ1) is 15.7. The van der Waals surface area contributed by atoms with Crippen molar-refractivity contribution < 1.29 is 9.90 Å². The minimum absolute atomic E-state index is 0.00276. The number of carbonyl (C=O) groups is 1. The van der Waals surface area contributed by atoms with E-state index in [0.717, 1.165) is 42.0 Å². The van der Waals surface area contributed by atoms with E-state index < -0.39 is 0 Å². The Balaban J connectivity index is 1.70. The lowest BCUT2D eigenvalue weighted by Crippen LogP contribution is -2.45. The molecule has 0 aromatic heterocycles. The van der Waals surface area contributed by atoms with E-state index in [2.05, 4.69) is 5.32 Å². The van der Waals surface area contributed by atoms with Crippen molar-refractivity contribution in [3.8, 4) is 0 Å². The zero-order valence-corrected chi connectivity index (χ0v) is 12.9. The number of hydrogen-bond acceptors (Lipinski definition) is 3. The van der Waals surface area contributed by atoms with E-state index in [0.29, 0.717) is 5.75 Å². The van der Waals surface area contributed by atoms with Crippen molar-refractivity contribution in [3.63, 3.8) is 0 Å². The summed E-state index contributed by atoms with van der Waals surface area (Å²) >= 11 is 7.48. The van der Waals surface area contributed by atoms with Crippen LogP contribution in [0.5, 0.6) is 0 Å². The van der Waals surface area contributed by atoms with Gasteiger partial charge in [0.2, 0.25) is 5.91 Å². The first-order valence-electron chi connectivity index (χ1n) is 6.95. The van der Waals surface area contributed by atoms with Crippen LogP contribution >= 0.6 is 23.4 Å². The van der Waals surface area contributed by atoms with Crippen molar-refractivity contribution in [1.82, 2.24) is 5.32 Å². The van der Waals surface area contributed by atoms with Crippen LogP contribution in [0.3, 0.4) is 0 Å². The van der Waals surface area contributed by atoms with Gasteiger partial charge in [0, 0.05) is 10.8 Å². The quantitative estimate of drug-likeness (QED) is 0.878. The number of carbonyl (C=O) groups excluding carboxylic acids is 1. The predicted octanol–water partition coefficient (Wildman–Crippen LogP) is 2.99. The third-order valence-electron chi connectivity index (χ3n) is 3.47. The number of benzene rings is 1. The van der Waals surface area contributed by atoms with Gasteiger partial charge >= 0.3 is 0 Å². The minimum atomic E-state index is -0.384. The summed E-state index contributed by atoms with van der Waals surface area (Å²) in [5.41, 5.74) is 1.12. The first-order chi connectivity index (χ1) is 9.65. The first-order valence-corrected chi connectivity index (χ1v) is 8.48. The van der Waals surface area contributed by atoms with E-state index in [1.165, 1.54) is 0 Å². The van der Waals surface area contributed by atoms with Gasteiger partial charge in [0.05, 0.1) is 17.9 Å². The lowest BCUT2D eigenvalue weighted by atomic mass is 9.93. The molecule has 2 atom stereocenters. The highest BCUT2D eigenvalue weighted by atomic mass is 35.5. The molecule has 1 aromatic rings. The van der Waals surface area contributed by atoms with Gasteiger partial charge in [-0.3, -0.25) is 4.79 Å². The molecule has 1 aliphatic carbocycles. The van der Waals surface area contributed by atoms with Crippen molar-refractivity contribution in [2.75, 3.05) is 5.75 Å². The van der Waals surface area contributed by atoms with Gasteiger partial charge in [-0.05, 0) is 30.5 Å². The van der Waals surface area contributed by atoms with Gasteiger partial charge < -0.3 is 10.4 Å². The molecule has 1 aliphatic rings. The lowest BCUT2D eigenvalue weighted by Gasteiger charge is -2.28. The van der Waals surface area contributed by atoms with Crippen LogP contribution in [-0.4, -0.2) is 28.9 Å². The number of rotatable bonds is 5. The predicted molar refractivity (Wildman–Crippen MR) is 84.0 cm³/mol. The average Bonchev–Trinajstić information content (AvgIpc) is 2.41. The van der Waals surface area contributed by atoms with E-state index in [1.807, 2.05) is 24.3 Å². The van der Waals surface area contributed by atoms with Crippen LogP contribution < -0.4 is 5.32 Å². The van der Waals surface area contributed by atoms with E-state index in [1.54, 1.807) is 11.8 Å². The van der Waals surface area contributed by atoms with Crippen LogP contribution in [-0.2, 0) is 10.5 Å². The van der Waals surface area contributed by atoms with Gasteiger partial charge in [0.1, 0.15) is 0 Å². The third-order valence-corrected chi connectivity index (χ3v) is 4.71. The van der Waals surface area contributed by atoms with E-state index >= 15 is 0 Å². The minimum Gasteiger partial charge on any atom is -0.391 e. The van der Waals surface area contributed by atoms with Gasteiger partial charge in [0.15, 0.2) is 0 Å². The van der Waals surface area contributed by atoms with Gasteiger partial charge in [-0.15, -0.1) is 11.8 Å². The summed E-state index contributed by atoms with van der Waals surface area (Å²) in [5.74, 6) is 1.18. The fraction of sp³-hybridized carbons (Fsp3) is 0.533. The van der Waals surface area contributed by atoms with Crippen LogP contribution in [0.1, 0.15) is 31.2 Å². The lowest BCUT2D eigenvalue weighted by molar-refractivity contribution is -0.120. The molecule has 0 spiro atoms. The fourth-order valence-electron chi connectivity index (χ4n) is 2.42. The average molecular weight is 314 g/mol. The summed E-state index contributed by atoms with van der Waals surface area (Å²) < 4.78 is 0. The second-order valence-corrected chi connectivity index (χ2v) is 6.57. The molecule has 2 rings (SSSR count). The van der Waals surface area contributed by atoms with Crippen molar-refractivity contribution in [2.24, 2.45) is 0 Å². The Morgan fingerprint density at radius 3 is 2.95 bits per heavy atom. The Bertz CT molecular complexity index is 455. The molecule has 110 valence electrons. The zero-order chi connectivity index (χ0) is 14.4. The van der Waals surface area contributed by atoms with Crippen LogP contribution in [0.4, 0.5) is 0 Å². The molecular weight excluding hydrogens is 294 g/mol. The highest BCUT2D eigenvalue weighted by Crippen LogP contribution is 2.19. The number of thioether (sulfide) groups is 1. The number of hydrogen-bond donors (Lipinski definition) is 2. The van der Waals surface area contributed by atoms with Crippen LogP contribution in [0.25, 0.3) is 0 Å². The SMILES string of the molecule is O=C(CSCc1cccc(Cl)c1)N[C@@H]1CCCC[C@H]1O. The highest BCUT2D eigenvalue weighted by molar-refractivity contribution is 7.99. The maximum Gasteiger partial charge on any atom is 0.230 e.